The monoisotopic (exact) mass is 830 g/mol. The maximum Gasteiger partial charge on any atom is 0.220 e. The number of hydrogen-bond acceptors (Lipinski definition) is 13. The molecular weight excluding hydrogens is 750 g/mol. The van der Waals surface area contributed by atoms with Gasteiger partial charge in [0.2, 0.25) is 5.91 Å². The van der Waals surface area contributed by atoms with Gasteiger partial charge in [-0.2, -0.15) is 0 Å². The summed E-state index contributed by atoms with van der Waals surface area (Å²) in [6.45, 7) is 2.68. The summed E-state index contributed by atoms with van der Waals surface area (Å²) < 4.78 is 22.6. The lowest BCUT2D eigenvalue weighted by Crippen LogP contribution is -2.65. The van der Waals surface area contributed by atoms with Crippen molar-refractivity contribution in [2.45, 2.75) is 216 Å². The van der Waals surface area contributed by atoms with E-state index in [1.807, 2.05) is 6.08 Å². The smallest absolute Gasteiger partial charge is 0.220 e. The van der Waals surface area contributed by atoms with Gasteiger partial charge in [0, 0.05) is 6.42 Å². The summed E-state index contributed by atoms with van der Waals surface area (Å²) in [5.74, 6) is -0.260. The van der Waals surface area contributed by atoms with Crippen molar-refractivity contribution >= 4 is 5.91 Å². The standard InChI is InChI=1S/C44H79NO13/c1-3-5-7-9-11-13-14-15-16-17-18-20-21-23-25-27-33(48)32(45-36(49)28-26-24-22-19-12-10-8-6-4-2)31-55-43-41(54)39(52)42(35(30-47)57-43)58-44-40(53)38(51)37(50)34(29-46)56-44/h14-15,18,20,25,27,32-35,37-44,46-48,50-54H,3-13,16-17,19,21-24,26,28-31H2,1-2H3,(H,45,49)/b15-14+,20-18+,27-25+. The molecule has 12 atom stereocenters. The van der Waals surface area contributed by atoms with Crippen LogP contribution in [-0.4, -0.2) is 140 Å². The molecule has 12 unspecified atom stereocenters. The Kier molecular flexibility index (Phi) is 28.9. The van der Waals surface area contributed by atoms with Crippen LogP contribution in [0.5, 0.6) is 0 Å². The Bertz CT molecular complexity index is 1120. The number of carbonyl (C=O) groups excluding carboxylic acids is 1. The van der Waals surface area contributed by atoms with Crippen LogP contribution < -0.4 is 5.32 Å². The van der Waals surface area contributed by atoms with Gasteiger partial charge in [0.15, 0.2) is 12.6 Å². The molecule has 2 saturated heterocycles. The lowest BCUT2D eigenvalue weighted by atomic mass is 9.97. The fourth-order valence-electron chi connectivity index (χ4n) is 7.08. The molecule has 2 aliphatic rings. The summed E-state index contributed by atoms with van der Waals surface area (Å²) in [6.07, 6.45) is 16.3. The zero-order chi connectivity index (χ0) is 42.5. The predicted octanol–water partition coefficient (Wildman–Crippen LogP) is 3.98. The van der Waals surface area contributed by atoms with Crippen molar-refractivity contribution in [3.8, 4) is 0 Å². The van der Waals surface area contributed by atoms with E-state index >= 15 is 0 Å². The topological polar surface area (TPSA) is 228 Å². The third-order valence-corrected chi connectivity index (χ3v) is 10.8. The highest BCUT2D eigenvalue weighted by molar-refractivity contribution is 5.76. The number of carbonyl (C=O) groups is 1. The fraction of sp³-hybridized carbons (Fsp3) is 0.841. The van der Waals surface area contributed by atoms with E-state index in [-0.39, 0.29) is 18.9 Å². The Morgan fingerprint density at radius 2 is 1.10 bits per heavy atom. The van der Waals surface area contributed by atoms with Crippen molar-refractivity contribution in [3.05, 3.63) is 36.5 Å². The van der Waals surface area contributed by atoms with Crippen LogP contribution in [0.15, 0.2) is 36.5 Å². The molecule has 0 aliphatic carbocycles. The summed E-state index contributed by atoms with van der Waals surface area (Å²) in [5.41, 5.74) is 0. The second kappa shape index (κ2) is 32.0. The predicted molar refractivity (Wildman–Crippen MR) is 221 cm³/mol. The zero-order valence-corrected chi connectivity index (χ0v) is 35.3. The van der Waals surface area contributed by atoms with E-state index in [1.165, 1.54) is 64.2 Å². The fourth-order valence-corrected chi connectivity index (χ4v) is 7.08. The van der Waals surface area contributed by atoms with Gasteiger partial charge in [-0.25, -0.2) is 0 Å². The Morgan fingerprint density at radius 3 is 1.69 bits per heavy atom. The largest absolute Gasteiger partial charge is 0.394 e. The van der Waals surface area contributed by atoms with Crippen LogP contribution in [-0.2, 0) is 23.7 Å². The number of amides is 1. The number of aliphatic hydroxyl groups excluding tert-OH is 8. The van der Waals surface area contributed by atoms with Crippen molar-refractivity contribution in [2.24, 2.45) is 0 Å². The normalized spacial score (nSPS) is 29.1. The Morgan fingerprint density at radius 1 is 0.603 bits per heavy atom. The molecule has 14 heteroatoms. The van der Waals surface area contributed by atoms with Gasteiger partial charge >= 0.3 is 0 Å². The van der Waals surface area contributed by atoms with Gasteiger partial charge < -0.3 is 65.1 Å². The summed E-state index contributed by atoms with van der Waals surface area (Å²) in [6, 6.07) is -0.931. The third-order valence-electron chi connectivity index (χ3n) is 10.8. The Balaban J connectivity index is 1.94. The molecule has 2 fully saturated rings. The molecule has 0 aromatic carbocycles. The minimum Gasteiger partial charge on any atom is -0.394 e. The molecule has 338 valence electrons. The van der Waals surface area contributed by atoms with Gasteiger partial charge in [-0.3, -0.25) is 4.79 Å². The highest BCUT2D eigenvalue weighted by atomic mass is 16.7. The van der Waals surface area contributed by atoms with Gasteiger partial charge in [-0.1, -0.05) is 127 Å². The van der Waals surface area contributed by atoms with E-state index in [9.17, 15) is 45.6 Å². The number of aliphatic hydroxyl groups is 8. The maximum atomic E-state index is 13.0. The van der Waals surface area contributed by atoms with Crippen molar-refractivity contribution in [1.82, 2.24) is 5.32 Å². The summed E-state index contributed by atoms with van der Waals surface area (Å²) >= 11 is 0. The molecule has 0 aromatic rings. The van der Waals surface area contributed by atoms with E-state index in [2.05, 4.69) is 43.5 Å². The molecule has 2 rings (SSSR count). The average Bonchev–Trinajstić information content (AvgIpc) is 3.22. The van der Waals surface area contributed by atoms with E-state index in [1.54, 1.807) is 6.08 Å². The molecule has 0 saturated carbocycles. The molecule has 0 aromatic heterocycles. The van der Waals surface area contributed by atoms with Crippen LogP contribution in [0, 0.1) is 0 Å². The van der Waals surface area contributed by atoms with Crippen molar-refractivity contribution < 1.29 is 64.6 Å². The minimum atomic E-state index is -1.79. The lowest BCUT2D eigenvalue weighted by molar-refractivity contribution is -0.359. The van der Waals surface area contributed by atoms with Crippen LogP contribution in [0.2, 0.25) is 0 Å². The average molecular weight is 830 g/mol. The zero-order valence-electron chi connectivity index (χ0n) is 35.3. The second-order valence-electron chi connectivity index (χ2n) is 15.8. The number of unbranched alkanes of at least 4 members (excludes halogenated alkanes) is 15. The number of allylic oxidation sites excluding steroid dienone is 5. The lowest BCUT2D eigenvalue weighted by Gasteiger charge is -2.46. The number of rotatable bonds is 32. The van der Waals surface area contributed by atoms with Crippen LogP contribution >= 0.6 is 0 Å². The minimum absolute atomic E-state index is 0.260. The molecule has 0 spiro atoms. The second-order valence-corrected chi connectivity index (χ2v) is 15.8. The van der Waals surface area contributed by atoms with E-state index < -0.39 is 86.8 Å². The molecule has 1 amide bonds. The van der Waals surface area contributed by atoms with Gasteiger partial charge in [0.25, 0.3) is 0 Å². The maximum absolute atomic E-state index is 13.0. The third kappa shape index (κ3) is 20.2. The first-order valence-electron chi connectivity index (χ1n) is 22.2. The first-order chi connectivity index (χ1) is 28.1. The van der Waals surface area contributed by atoms with Gasteiger partial charge in [-0.15, -0.1) is 0 Å². The Labute approximate surface area is 347 Å². The molecule has 14 nitrogen and oxygen atoms in total. The molecule has 58 heavy (non-hydrogen) atoms. The quantitative estimate of drug-likeness (QED) is 0.0346. The van der Waals surface area contributed by atoms with Crippen molar-refractivity contribution in [2.75, 3.05) is 19.8 Å². The van der Waals surface area contributed by atoms with E-state index in [4.69, 9.17) is 18.9 Å². The van der Waals surface area contributed by atoms with Crippen LogP contribution in [0.4, 0.5) is 0 Å². The SMILES string of the molecule is CCCCCCC/C=C/CC/C=C/CC/C=C/C(O)C(COC1OC(CO)C(OC2OC(CO)C(O)C(O)C2O)C(O)C1O)NC(=O)CCCCCCCCCCC. The first kappa shape index (κ1) is 52.3. The van der Waals surface area contributed by atoms with Crippen molar-refractivity contribution in [1.29, 1.82) is 0 Å². The molecular formula is C44H79NO13. The van der Waals surface area contributed by atoms with Crippen LogP contribution in [0.25, 0.3) is 0 Å². The number of ether oxygens (including phenoxy) is 4. The Hall–Kier alpha value is -1.79. The van der Waals surface area contributed by atoms with Crippen LogP contribution in [0.3, 0.4) is 0 Å². The van der Waals surface area contributed by atoms with Crippen LogP contribution in [0.1, 0.15) is 142 Å². The number of hydrogen-bond donors (Lipinski definition) is 9. The highest BCUT2D eigenvalue weighted by Gasteiger charge is 2.50. The molecule has 0 bridgehead atoms. The van der Waals surface area contributed by atoms with Gasteiger partial charge in [0.1, 0.15) is 48.8 Å². The van der Waals surface area contributed by atoms with E-state index in [0.29, 0.717) is 12.8 Å². The molecule has 2 heterocycles. The summed E-state index contributed by atoms with van der Waals surface area (Å²) in [5, 5.41) is 86.3. The highest BCUT2D eigenvalue weighted by Crippen LogP contribution is 2.30. The van der Waals surface area contributed by atoms with Gasteiger partial charge in [0.05, 0.1) is 32.0 Å². The molecule has 9 N–H and O–H groups in total. The molecule has 0 radical (unpaired) electrons. The first-order valence-corrected chi connectivity index (χ1v) is 22.2. The summed E-state index contributed by atoms with van der Waals surface area (Å²) in [7, 11) is 0. The summed E-state index contributed by atoms with van der Waals surface area (Å²) in [4.78, 5) is 13.0. The van der Waals surface area contributed by atoms with E-state index in [0.717, 1.165) is 44.9 Å². The number of nitrogens with one attached hydrogen (secondary N) is 1. The van der Waals surface area contributed by atoms with Gasteiger partial charge in [-0.05, 0) is 44.9 Å². The van der Waals surface area contributed by atoms with Crippen molar-refractivity contribution in [3.63, 3.8) is 0 Å². The molecule has 2 aliphatic heterocycles.